The Morgan fingerprint density at radius 3 is 2.31 bits per heavy atom. The maximum absolute atomic E-state index is 12.6. The number of furan rings is 1. The van der Waals surface area contributed by atoms with Gasteiger partial charge in [0.1, 0.15) is 23.0 Å². The highest BCUT2D eigenvalue weighted by molar-refractivity contribution is 6.07. The van der Waals surface area contributed by atoms with Gasteiger partial charge < -0.3 is 19.3 Å². The second-order valence-corrected chi connectivity index (χ2v) is 7.85. The molecule has 1 aromatic carbocycles. The second kappa shape index (κ2) is 7.39. The predicted molar refractivity (Wildman–Crippen MR) is 109 cm³/mol. The highest BCUT2D eigenvalue weighted by Gasteiger charge is 2.25. The molecule has 0 saturated carbocycles. The molecule has 0 bridgehead atoms. The number of hydrogen-bond acceptors (Lipinski definition) is 5. The van der Waals surface area contributed by atoms with Gasteiger partial charge in [0.2, 0.25) is 5.91 Å². The molecule has 7 heteroatoms. The van der Waals surface area contributed by atoms with E-state index < -0.39 is 23.5 Å². The standard InChI is InChI=1S/C22H25NO6/c1-9(2)19(21(25)26)23-16(24)8-14-12(5)18-15(29-22(14)27)7-10(3)17-11(4)13(6)28-20(17)18/h7,9,19H,8H2,1-6H3,(H,23,24)(H,25,26)/t19-/m0/s1. The molecule has 154 valence electrons. The van der Waals surface area contributed by atoms with Crippen molar-refractivity contribution >= 4 is 33.8 Å². The molecule has 0 spiro atoms. The molecule has 0 fully saturated rings. The molecular formula is C22H25NO6. The number of amides is 1. The lowest BCUT2D eigenvalue weighted by atomic mass is 9.98. The van der Waals surface area contributed by atoms with Crippen molar-refractivity contribution < 1.29 is 23.5 Å². The van der Waals surface area contributed by atoms with Crippen LogP contribution >= 0.6 is 0 Å². The SMILES string of the molecule is Cc1oc2c(c(C)cc3oc(=O)c(CC(=O)N[C@H](C(=O)O)C(C)C)c(C)c32)c1C. The molecule has 29 heavy (non-hydrogen) atoms. The Kier molecular flexibility index (Phi) is 5.26. The van der Waals surface area contributed by atoms with E-state index in [1.54, 1.807) is 26.8 Å². The lowest BCUT2D eigenvalue weighted by Crippen LogP contribution is -2.45. The van der Waals surface area contributed by atoms with Gasteiger partial charge in [-0.3, -0.25) is 4.79 Å². The lowest BCUT2D eigenvalue weighted by Gasteiger charge is -2.18. The first-order valence-corrected chi connectivity index (χ1v) is 9.50. The summed E-state index contributed by atoms with van der Waals surface area (Å²) in [5.41, 5.74) is 3.17. The number of fused-ring (bicyclic) bond motifs is 3. The summed E-state index contributed by atoms with van der Waals surface area (Å²) in [6.07, 6.45) is -0.269. The molecular weight excluding hydrogens is 374 g/mol. The van der Waals surface area contributed by atoms with Gasteiger partial charge in [0.05, 0.1) is 17.4 Å². The molecule has 0 radical (unpaired) electrons. The minimum atomic E-state index is -1.12. The smallest absolute Gasteiger partial charge is 0.340 e. The molecule has 0 unspecified atom stereocenters. The third-order valence-corrected chi connectivity index (χ3v) is 5.46. The molecule has 1 amide bonds. The number of aliphatic carboxylic acids is 1. The van der Waals surface area contributed by atoms with Crippen molar-refractivity contribution in [2.45, 2.75) is 54.0 Å². The van der Waals surface area contributed by atoms with E-state index >= 15 is 0 Å². The number of rotatable bonds is 5. The van der Waals surface area contributed by atoms with Crippen LogP contribution < -0.4 is 10.9 Å². The summed E-state index contributed by atoms with van der Waals surface area (Å²) < 4.78 is 11.5. The Morgan fingerprint density at radius 2 is 1.72 bits per heavy atom. The number of nitrogens with one attached hydrogen (secondary N) is 1. The van der Waals surface area contributed by atoms with E-state index in [-0.39, 0.29) is 17.9 Å². The molecule has 3 rings (SSSR count). The van der Waals surface area contributed by atoms with E-state index in [4.69, 9.17) is 8.83 Å². The lowest BCUT2D eigenvalue weighted by molar-refractivity contribution is -0.143. The first-order chi connectivity index (χ1) is 13.5. The summed E-state index contributed by atoms with van der Waals surface area (Å²) in [6.45, 7) is 10.9. The van der Waals surface area contributed by atoms with Crippen LogP contribution in [-0.4, -0.2) is 23.0 Å². The number of carboxylic acids is 1. The van der Waals surface area contributed by atoms with E-state index in [1.165, 1.54) is 0 Å². The van der Waals surface area contributed by atoms with Crippen molar-refractivity contribution in [3.05, 3.63) is 44.5 Å². The number of carbonyl (C=O) groups excluding carboxylic acids is 1. The molecule has 0 aliphatic heterocycles. The molecule has 1 atom stereocenters. The zero-order chi connectivity index (χ0) is 21.6. The molecule has 2 aromatic heterocycles. The molecule has 0 aliphatic rings. The Balaban J connectivity index is 2.12. The van der Waals surface area contributed by atoms with Gasteiger partial charge in [-0.2, -0.15) is 0 Å². The van der Waals surface area contributed by atoms with Crippen LogP contribution in [0.5, 0.6) is 0 Å². The summed E-state index contributed by atoms with van der Waals surface area (Å²) in [5, 5.41) is 13.4. The Morgan fingerprint density at radius 1 is 1.07 bits per heavy atom. The third kappa shape index (κ3) is 3.52. The molecule has 0 saturated heterocycles. The Bertz CT molecular complexity index is 1200. The first-order valence-electron chi connectivity index (χ1n) is 9.50. The first kappa shape index (κ1) is 20.6. The topological polar surface area (TPSA) is 110 Å². The van der Waals surface area contributed by atoms with E-state index in [1.807, 2.05) is 20.8 Å². The van der Waals surface area contributed by atoms with Crippen LogP contribution in [0.2, 0.25) is 0 Å². The van der Waals surface area contributed by atoms with Gasteiger partial charge in [0, 0.05) is 5.39 Å². The van der Waals surface area contributed by atoms with Crippen molar-refractivity contribution in [2.75, 3.05) is 0 Å². The van der Waals surface area contributed by atoms with Crippen LogP contribution in [0.4, 0.5) is 0 Å². The normalized spacial score (nSPS) is 12.7. The van der Waals surface area contributed by atoms with Crippen molar-refractivity contribution in [3.63, 3.8) is 0 Å². The highest BCUT2D eigenvalue weighted by Crippen LogP contribution is 2.36. The number of benzene rings is 1. The zero-order valence-electron chi connectivity index (χ0n) is 17.4. The van der Waals surface area contributed by atoms with Crippen molar-refractivity contribution in [1.29, 1.82) is 0 Å². The average Bonchev–Trinajstić information content (AvgIpc) is 2.91. The van der Waals surface area contributed by atoms with E-state index in [0.29, 0.717) is 22.1 Å². The fourth-order valence-electron chi connectivity index (χ4n) is 3.74. The van der Waals surface area contributed by atoms with Gasteiger partial charge in [-0.15, -0.1) is 0 Å². The van der Waals surface area contributed by atoms with Gasteiger partial charge in [-0.25, -0.2) is 9.59 Å². The minimum Gasteiger partial charge on any atom is -0.480 e. The maximum atomic E-state index is 12.6. The summed E-state index contributed by atoms with van der Waals surface area (Å²) in [4.78, 5) is 36.4. The number of aryl methyl sites for hydroxylation is 4. The van der Waals surface area contributed by atoms with Gasteiger partial charge in [0.25, 0.3) is 0 Å². The van der Waals surface area contributed by atoms with Crippen LogP contribution in [0.1, 0.15) is 41.9 Å². The zero-order valence-corrected chi connectivity index (χ0v) is 17.4. The maximum Gasteiger partial charge on any atom is 0.340 e. The third-order valence-electron chi connectivity index (χ3n) is 5.46. The van der Waals surface area contributed by atoms with Gasteiger partial charge in [-0.1, -0.05) is 13.8 Å². The van der Waals surface area contributed by atoms with E-state index in [2.05, 4.69) is 5.32 Å². The second-order valence-electron chi connectivity index (χ2n) is 7.85. The van der Waals surface area contributed by atoms with Crippen LogP contribution in [0.15, 0.2) is 19.7 Å². The van der Waals surface area contributed by atoms with Crippen LogP contribution in [0.3, 0.4) is 0 Å². The molecule has 2 heterocycles. The average molecular weight is 399 g/mol. The van der Waals surface area contributed by atoms with E-state index in [9.17, 15) is 19.5 Å². The summed E-state index contributed by atoms with van der Waals surface area (Å²) in [6, 6.07) is 0.775. The Hall–Kier alpha value is -3.09. The highest BCUT2D eigenvalue weighted by atomic mass is 16.4. The quantitative estimate of drug-likeness (QED) is 0.635. The summed E-state index contributed by atoms with van der Waals surface area (Å²) in [5.74, 6) is -1.17. The molecule has 7 nitrogen and oxygen atoms in total. The van der Waals surface area contributed by atoms with Gasteiger partial charge >= 0.3 is 11.6 Å². The molecule has 2 N–H and O–H groups in total. The Labute approximate surface area is 167 Å². The van der Waals surface area contributed by atoms with Crippen molar-refractivity contribution in [3.8, 4) is 0 Å². The van der Waals surface area contributed by atoms with Crippen molar-refractivity contribution in [1.82, 2.24) is 5.32 Å². The van der Waals surface area contributed by atoms with Crippen LogP contribution in [-0.2, 0) is 16.0 Å². The fraction of sp³-hybridized carbons (Fsp3) is 0.409. The molecule has 3 aromatic rings. The summed E-state index contributed by atoms with van der Waals surface area (Å²) in [7, 11) is 0. The number of hydrogen-bond donors (Lipinski definition) is 2. The van der Waals surface area contributed by atoms with Crippen molar-refractivity contribution in [2.24, 2.45) is 5.92 Å². The minimum absolute atomic E-state index is 0.194. The number of carboxylic acid groups (broad SMARTS) is 1. The van der Waals surface area contributed by atoms with Crippen LogP contribution in [0.25, 0.3) is 21.9 Å². The monoisotopic (exact) mass is 399 g/mol. The number of carbonyl (C=O) groups is 2. The van der Waals surface area contributed by atoms with Crippen LogP contribution in [0, 0.1) is 33.6 Å². The van der Waals surface area contributed by atoms with Gasteiger partial charge in [0.15, 0.2) is 0 Å². The fourth-order valence-corrected chi connectivity index (χ4v) is 3.74. The predicted octanol–water partition coefficient (Wildman–Crippen LogP) is 3.54. The largest absolute Gasteiger partial charge is 0.480 e. The molecule has 0 aliphatic carbocycles. The van der Waals surface area contributed by atoms with Gasteiger partial charge in [-0.05, 0) is 56.4 Å². The summed E-state index contributed by atoms with van der Waals surface area (Å²) >= 11 is 0. The van der Waals surface area contributed by atoms with E-state index in [0.717, 1.165) is 22.3 Å².